The molecule has 0 bridgehead atoms. The predicted molar refractivity (Wildman–Crippen MR) is 92.4 cm³/mol. The van der Waals surface area contributed by atoms with Crippen molar-refractivity contribution in [3.8, 4) is 0 Å². The molecule has 0 atom stereocenters. The van der Waals surface area contributed by atoms with Crippen molar-refractivity contribution in [2.45, 2.75) is 82.5 Å². The van der Waals surface area contributed by atoms with Gasteiger partial charge in [0, 0.05) is 0 Å². The summed E-state index contributed by atoms with van der Waals surface area (Å²) in [6, 6.07) is 0. The van der Waals surface area contributed by atoms with Crippen LogP contribution in [0.4, 0.5) is 0 Å². The van der Waals surface area contributed by atoms with Gasteiger partial charge in [0.25, 0.3) is 0 Å². The molecule has 0 aliphatic carbocycles. The number of aliphatic carboxylic acids is 2. The molecule has 0 spiro atoms. The molecular weight excluding hydrogens is 300 g/mol. The lowest BCUT2D eigenvalue weighted by atomic mass is 10.2. The molecule has 124 valence electrons. The van der Waals surface area contributed by atoms with Crippen LogP contribution in [0.25, 0.3) is 0 Å². The number of hydrogen-bond donors (Lipinski definition) is 2. The first kappa shape index (κ1) is 20.4. The quantitative estimate of drug-likeness (QED) is 0.589. The Labute approximate surface area is 131 Å². The van der Waals surface area contributed by atoms with Gasteiger partial charge in [-0.05, 0) is 10.1 Å². The van der Waals surface area contributed by atoms with E-state index >= 15 is 0 Å². The van der Waals surface area contributed by atoms with E-state index in [2.05, 4.69) is 0 Å². The Morgan fingerprint density at radius 2 is 0.857 bits per heavy atom. The van der Waals surface area contributed by atoms with Gasteiger partial charge in [-0.15, -0.1) is 0 Å². The van der Waals surface area contributed by atoms with Crippen molar-refractivity contribution in [1.29, 1.82) is 0 Å². The molecule has 0 aromatic rings. The van der Waals surface area contributed by atoms with Gasteiger partial charge in [0.15, 0.2) is 0 Å². The molecule has 21 heavy (non-hydrogen) atoms. The Bertz CT molecular complexity index is 398. The van der Waals surface area contributed by atoms with E-state index in [0.29, 0.717) is 0 Å². The normalized spacial score (nSPS) is 15.0. The first-order valence-electron chi connectivity index (χ1n) is 7.36. The van der Waals surface area contributed by atoms with E-state index in [1.807, 2.05) is 67.7 Å². The largest absolute Gasteiger partial charge is 0.481 e. The Balaban J connectivity index is 6.88. The van der Waals surface area contributed by atoms with E-state index in [1.165, 1.54) is 0 Å². The molecule has 0 aromatic heterocycles. The average molecular weight is 333 g/mol. The predicted octanol–water partition coefficient (Wildman–Crippen LogP) is 4.45. The maximum atomic E-state index is 12.3. The molecular formula is C15H32O4Si2. The molecule has 0 aliphatic heterocycles. The molecule has 0 amide bonds. The molecule has 0 saturated heterocycles. The van der Waals surface area contributed by atoms with Crippen molar-refractivity contribution in [2.24, 2.45) is 0 Å². The van der Waals surface area contributed by atoms with Crippen LogP contribution < -0.4 is 0 Å². The first-order chi connectivity index (χ1) is 8.89. The fraction of sp³-hybridized carbons (Fsp3) is 0.867. The summed E-state index contributed by atoms with van der Waals surface area (Å²) in [6.07, 6.45) is 0. The Kier molecular flexibility index (Phi) is 5.07. The second-order valence-electron chi connectivity index (χ2n) is 9.11. The highest BCUT2D eigenvalue weighted by atomic mass is 28.4. The second-order valence-corrected chi connectivity index (χ2v) is 20.6. The minimum Gasteiger partial charge on any atom is -0.481 e. The van der Waals surface area contributed by atoms with Gasteiger partial charge in [-0.3, -0.25) is 9.59 Å². The van der Waals surface area contributed by atoms with Gasteiger partial charge >= 0.3 is 11.9 Å². The zero-order valence-corrected chi connectivity index (χ0v) is 17.2. The highest BCUT2D eigenvalue weighted by Crippen LogP contribution is 2.62. The van der Waals surface area contributed by atoms with Gasteiger partial charge in [0.05, 0.1) is 16.1 Å². The summed E-state index contributed by atoms with van der Waals surface area (Å²) in [5, 5.41) is 19.5. The summed E-state index contributed by atoms with van der Waals surface area (Å²) < 4.78 is -1.63. The lowest BCUT2D eigenvalue weighted by Gasteiger charge is -2.57. The van der Waals surface area contributed by atoms with Crippen LogP contribution >= 0.6 is 0 Å². The lowest BCUT2D eigenvalue weighted by molar-refractivity contribution is -0.150. The SMILES string of the molecule is CC(C)(C)[Si](C)(C)C(C(=O)O)(C(=O)O)[Si](C)(C)C(C)(C)C. The van der Waals surface area contributed by atoms with E-state index < -0.39 is 32.7 Å². The molecule has 6 heteroatoms. The maximum Gasteiger partial charge on any atom is 0.315 e. The van der Waals surface area contributed by atoms with Gasteiger partial charge < -0.3 is 10.2 Å². The molecule has 2 N–H and O–H groups in total. The molecule has 0 fully saturated rings. The molecule has 0 radical (unpaired) electrons. The third-order valence-corrected chi connectivity index (χ3v) is 22.1. The molecule has 0 heterocycles. The van der Waals surface area contributed by atoms with Crippen LogP contribution in [0.5, 0.6) is 0 Å². The molecule has 0 unspecified atom stereocenters. The van der Waals surface area contributed by atoms with Crippen LogP contribution in [-0.2, 0) is 9.59 Å². The minimum atomic E-state index is -2.69. The smallest absolute Gasteiger partial charge is 0.315 e. The highest BCUT2D eigenvalue weighted by molar-refractivity contribution is 7.09. The zero-order valence-electron chi connectivity index (χ0n) is 15.2. The van der Waals surface area contributed by atoms with Crippen LogP contribution in [0.3, 0.4) is 0 Å². The van der Waals surface area contributed by atoms with E-state index in [4.69, 9.17) is 0 Å². The van der Waals surface area contributed by atoms with Crippen molar-refractivity contribution >= 4 is 28.1 Å². The number of rotatable bonds is 4. The van der Waals surface area contributed by atoms with Crippen molar-refractivity contribution in [1.82, 2.24) is 0 Å². The van der Waals surface area contributed by atoms with Crippen LogP contribution in [0.2, 0.25) is 40.9 Å². The van der Waals surface area contributed by atoms with Gasteiger partial charge in [0.1, 0.15) is 4.66 Å². The van der Waals surface area contributed by atoms with Crippen LogP contribution in [-0.4, -0.2) is 38.3 Å². The number of carboxylic acids is 2. The minimum absolute atomic E-state index is 0.320. The van der Waals surface area contributed by atoms with Crippen molar-refractivity contribution in [3.63, 3.8) is 0 Å². The average Bonchev–Trinajstić information content (AvgIpc) is 2.11. The standard InChI is InChI=1S/C15H32O4Si2/c1-13(2,3)20(7,8)15(11(16)17,12(18)19)21(9,10)14(4,5)6/h1-10H3,(H,16,17)(H,18,19). The highest BCUT2D eigenvalue weighted by Gasteiger charge is 2.72. The van der Waals surface area contributed by atoms with Crippen LogP contribution in [0, 0.1) is 0 Å². The maximum absolute atomic E-state index is 12.3. The van der Waals surface area contributed by atoms with Crippen LogP contribution in [0.1, 0.15) is 41.5 Å². The van der Waals surface area contributed by atoms with Crippen molar-refractivity contribution in [3.05, 3.63) is 0 Å². The fourth-order valence-electron chi connectivity index (χ4n) is 3.07. The first-order valence-corrected chi connectivity index (χ1v) is 13.4. The molecule has 4 nitrogen and oxygen atoms in total. The molecule has 0 saturated carbocycles. The molecule has 0 rings (SSSR count). The summed E-state index contributed by atoms with van der Waals surface area (Å²) in [4.78, 5) is 24.7. The van der Waals surface area contributed by atoms with Gasteiger partial charge in [-0.2, -0.15) is 0 Å². The Morgan fingerprint density at radius 3 is 0.952 bits per heavy atom. The van der Waals surface area contributed by atoms with Crippen molar-refractivity contribution in [2.75, 3.05) is 0 Å². The molecule has 0 aromatic carbocycles. The number of carboxylic acid groups (broad SMARTS) is 2. The van der Waals surface area contributed by atoms with Gasteiger partial charge in [-0.25, -0.2) is 0 Å². The number of hydrogen-bond acceptors (Lipinski definition) is 2. The monoisotopic (exact) mass is 332 g/mol. The second kappa shape index (κ2) is 5.23. The van der Waals surface area contributed by atoms with E-state index in [9.17, 15) is 19.8 Å². The van der Waals surface area contributed by atoms with Crippen LogP contribution in [0.15, 0.2) is 0 Å². The Morgan fingerprint density at radius 1 is 0.667 bits per heavy atom. The summed E-state index contributed by atoms with van der Waals surface area (Å²) in [6.45, 7) is 19.6. The van der Waals surface area contributed by atoms with Gasteiger partial charge in [0.2, 0.25) is 0 Å². The summed E-state index contributed by atoms with van der Waals surface area (Å²) in [7, 11) is -5.39. The fourth-order valence-corrected chi connectivity index (χ4v) is 16.0. The topological polar surface area (TPSA) is 74.6 Å². The Hall–Kier alpha value is -0.626. The number of carbonyl (C=O) groups is 2. The summed E-state index contributed by atoms with van der Waals surface area (Å²) in [5.41, 5.74) is 0. The third kappa shape index (κ3) is 2.61. The summed E-state index contributed by atoms with van der Waals surface area (Å²) >= 11 is 0. The van der Waals surface area contributed by atoms with E-state index in [0.717, 1.165) is 0 Å². The van der Waals surface area contributed by atoms with E-state index in [1.54, 1.807) is 0 Å². The van der Waals surface area contributed by atoms with Gasteiger partial charge in [-0.1, -0.05) is 67.7 Å². The lowest BCUT2D eigenvalue weighted by Crippen LogP contribution is -2.70. The van der Waals surface area contributed by atoms with Crippen molar-refractivity contribution < 1.29 is 19.8 Å². The molecule has 0 aliphatic rings. The van der Waals surface area contributed by atoms with E-state index in [-0.39, 0.29) is 10.1 Å². The third-order valence-electron chi connectivity index (χ3n) is 6.27. The zero-order chi connectivity index (χ0) is 17.7. The summed E-state index contributed by atoms with van der Waals surface area (Å²) in [5.74, 6) is -2.29.